The molecule has 0 unspecified atom stereocenters. The largest absolute Gasteiger partial charge is 0.395 e. The highest BCUT2D eigenvalue weighted by atomic mass is 16.3. The summed E-state index contributed by atoms with van der Waals surface area (Å²) in [7, 11) is 1.99. The highest BCUT2D eigenvalue weighted by molar-refractivity contribution is 6.08. The molecule has 0 fully saturated rings. The Morgan fingerprint density at radius 3 is 2.67 bits per heavy atom. The average Bonchev–Trinajstić information content (AvgIpc) is 2.62. The van der Waals surface area contributed by atoms with Crippen LogP contribution in [0.1, 0.15) is 40.9 Å². The lowest BCUT2D eigenvalue weighted by atomic mass is 9.84. The molecule has 0 aromatic heterocycles. The zero-order valence-electron chi connectivity index (χ0n) is 16.3. The summed E-state index contributed by atoms with van der Waals surface area (Å²) in [5.41, 5.74) is 4.97. The second-order valence-corrected chi connectivity index (χ2v) is 7.93. The molecule has 27 heavy (non-hydrogen) atoms. The lowest BCUT2D eigenvalue weighted by molar-refractivity contribution is 0.104. The van der Waals surface area contributed by atoms with Crippen LogP contribution in [0.5, 0.6) is 0 Å². The van der Waals surface area contributed by atoms with E-state index < -0.39 is 0 Å². The third-order valence-corrected chi connectivity index (χ3v) is 4.84. The lowest BCUT2D eigenvalue weighted by Gasteiger charge is -2.36. The zero-order valence-corrected chi connectivity index (χ0v) is 16.3. The first-order chi connectivity index (χ1) is 12.9. The molecule has 4 nitrogen and oxygen atoms in total. The molecule has 1 heterocycles. The lowest BCUT2D eigenvalue weighted by Crippen LogP contribution is -2.44. The smallest absolute Gasteiger partial charge is 0.187 e. The van der Waals surface area contributed by atoms with Gasteiger partial charge in [-0.1, -0.05) is 42.5 Å². The number of likely N-dealkylation sites (N-methyl/N-ethyl adjacent to an activating group) is 1. The monoisotopic (exact) mass is 364 g/mol. The van der Waals surface area contributed by atoms with Crippen LogP contribution in [0.4, 0.5) is 0 Å². The fraction of sp³-hybridized carbons (Fsp3) is 0.348. The van der Waals surface area contributed by atoms with Gasteiger partial charge in [-0.3, -0.25) is 9.69 Å². The van der Waals surface area contributed by atoms with Gasteiger partial charge in [-0.15, -0.1) is 0 Å². The number of aliphatic hydroxyl groups excluding tert-OH is 1. The van der Waals surface area contributed by atoms with E-state index in [2.05, 4.69) is 42.3 Å². The molecule has 0 saturated heterocycles. The molecule has 1 aliphatic heterocycles. The van der Waals surface area contributed by atoms with Crippen molar-refractivity contribution in [1.82, 2.24) is 10.2 Å². The quantitative estimate of drug-likeness (QED) is 0.610. The molecule has 2 N–H and O–H groups in total. The number of ketones is 1. The van der Waals surface area contributed by atoms with Crippen LogP contribution in [0.25, 0.3) is 5.70 Å². The van der Waals surface area contributed by atoms with E-state index in [0.29, 0.717) is 12.1 Å². The number of carbonyl (C=O) groups is 1. The van der Waals surface area contributed by atoms with Crippen molar-refractivity contribution in [1.29, 1.82) is 0 Å². The third kappa shape index (κ3) is 4.85. The van der Waals surface area contributed by atoms with Crippen molar-refractivity contribution in [3.8, 4) is 0 Å². The van der Waals surface area contributed by atoms with Crippen LogP contribution in [0.3, 0.4) is 0 Å². The molecular weight excluding hydrogens is 336 g/mol. The van der Waals surface area contributed by atoms with Crippen molar-refractivity contribution in [3.05, 3.63) is 76.9 Å². The number of nitrogens with one attached hydrogen (secondary N) is 1. The Labute approximate surface area is 161 Å². The molecule has 2 aromatic rings. The van der Waals surface area contributed by atoms with Crippen molar-refractivity contribution in [2.45, 2.75) is 32.4 Å². The van der Waals surface area contributed by atoms with Gasteiger partial charge in [0.25, 0.3) is 0 Å². The van der Waals surface area contributed by atoms with Crippen molar-refractivity contribution in [2.75, 3.05) is 20.2 Å². The minimum Gasteiger partial charge on any atom is -0.395 e. The molecule has 142 valence electrons. The van der Waals surface area contributed by atoms with Gasteiger partial charge in [0.2, 0.25) is 0 Å². The molecule has 1 aliphatic rings. The molecule has 3 rings (SSSR count). The van der Waals surface area contributed by atoms with Gasteiger partial charge >= 0.3 is 0 Å². The normalized spacial score (nSPS) is 16.9. The number of benzene rings is 2. The average molecular weight is 364 g/mol. The van der Waals surface area contributed by atoms with Crippen LogP contribution >= 0.6 is 0 Å². The summed E-state index contributed by atoms with van der Waals surface area (Å²) in [6, 6.07) is 15.8. The number of aliphatic hydroxyl groups is 1. The maximum absolute atomic E-state index is 12.7. The van der Waals surface area contributed by atoms with Gasteiger partial charge in [-0.05, 0) is 44.5 Å². The molecule has 0 amide bonds. The molecule has 4 heteroatoms. The fourth-order valence-electron chi connectivity index (χ4n) is 3.57. The van der Waals surface area contributed by atoms with Crippen molar-refractivity contribution < 1.29 is 9.90 Å². The second kappa shape index (κ2) is 8.07. The molecule has 0 saturated carbocycles. The van der Waals surface area contributed by atoms with Gasteiger partial charge in [0.15, 0.2) is 5.78 Å². The van der Waals surface area contributed by atoms with E-state index >= 15 is 0 Å². The zero-order chi connectivity index (χ0) is 19.4. The van der Waals surface area contributed by atoms with Gasteiger partial charge < -0.3 is 10.4 Å². The summed E-state index contributed by atoms with van der Waals surface area (Å²) in [4.78, 5) is 14.8. The van der Waals surface area contributed by atoms with Crippen LogP contribution in [-0.2, 0) is 13.0 Å². The topological polar surface area (TPSA) is 52.6 Å². The predicted molar refractivity (Wildman–Crippen MR) is 110 cm³/mol. The first-order valence-electron chi connectivity index (χ1n) is 9.39. The minimum absolute atomic E-state index is 0.00421. The van der Waals surface area contributed by atoms with Crippen LogP contribution in [0.15, 0.2) is 54.6 Å². The SMILES string of the molecule is CN(CCO)Cc1ccc2c(c1)C(=CC(=O)c1ccccc1)NC(C)(C)C2. The van der Waals surface area contributed by atoms with Gasteiger partial charge in [0.1, 0.15) is 0 Å². The Morgan fingerprint density at radius 1 is 1.22 bits per heavy atom. The summed E-state index contributed by atoms with van der Waals surface area (Å²) in [5, 5.41) is 12.7. The van der Waals surface area contributed by atoms with Crippen LogP contribution in [0.2, 0.25) is 0 Å². The number of fused-ring (bicyclic) bond motifs is 1. The highest BCUT2D eigenvalue weighted by Gasteiger charge is 2.28. The van der Waals surface area contributed by atoms with Crippen LogP contribution < -0.4 is 5.32 Å². The molecular formula is C23H28N2O2. The van der Waals surface area contributed by atoms with E-state index in [1.807, 2.05) is 37.4 Å². The maximum atomic E-state index is 12.7. The molecule has 0 spiro atoms. The van der Waals surface area contributed by atoms with E-state index in [9.17, 15) is 4.79 Å². The highest BCUT2D eigenvalue weighted by Crippen LogP contribution is 2.31. The Balaban J connectivity index is 1.95. The fourth-order valence-corrected chi connectivity index (χ4v) is 3.57. The summed E-state index contributed by atoms with van der Waals surface area (Å²) >= 11 is 0. The Bertz CT molecular complexity index is 841. The van der Waals surface area contributed by atoms with Crippen LogP contribution in [0, 0.1) is 0 Å². The van der Waals surface area contributed by atoms with Gasteiger partial charge in [-0.25, -0.2) is 0 Å². The first-order valence-corrected chi connectivity index (χ1v) is 9.39. The number of hydrogen-bond acceptors (Lipinski definition) is 4. The molecule has 0 aliphatic carbocycles. The molecule has 0 atom stereocenters. The maximum Gasteiger partial charge on any atom is 0.187 e. The first kappa shape index (κ1) is 19.3. The number of allylic oxidation sites excluding steroid dienone is 1. The molecule has 0 radical (unpaired) electrons. The Kier molecular flexibility index (Phi) is 5.78. The summed E-state index contributed by atoms with van der Waals surface area (Å²) in [6.45, 7) is 5.85. The van der Waals surface area contributed by atoms with E-state index in [1.54, 1.807) is 6.08 Å². The van der Waals surface area contributed by atoms with Gasteiger partial charge in [0, 0.05) is 41.5 Å². The summed E-state index contributed by atoms with van der Waals surface area (Å²) in [5.74, 6) is 0.00421. The summed E-state index contributed by atoms with van der Waals surface area (Å²) in [6.07, 6.45) is 2.63. The number of carbonyl (C=O) groups excluding carboxylic acids is 1. The standard InChI is InChI=1S/C23H28N2O2/c1-23(2)15-19-10-9-17(16-25(3)11-12-26)13-20(19)21(24-23)14-22(27)18-7-5-4-6-8-18/h4-10,13-14,24,26H,11-12,15-16H2,1-3H3. The van der Waals surface area contributed by atoms with E-state index in [4.69, 9.17) is 5.11 Å². The van der Waals surface area contributed by atoms with Crippen molar-refractivity contribution in [3.63, 3.8) is 0 Å². The minimum atomic E-state index is -0.106. The van der Waals surface area contributed by atoms with Crippen molar-refractivity contribution >= 4 is 11.5 Å². The van der Waals surface area contributed by atoms with Crippen molar-refractivity contribution in [2.24, 2.45) is 0 Å². The molecule has 0 bridgehead atoms. The number of hydrogen-bond donors (Lipinski definition) is 2. The molecule has 2 aromatic carbocycles. The Morgan fingerprint density at radius 2 is 1.96 bits per heavy atom. The number of rotatable bonds is 6. The van der Waals surface area contributed by atoms with Gasteiger partial charge in [0.05, 0.1) is 6.61 Å². The Hall–Kier alpha value is -2.43. The van der Waals surface area contributed by atoms with Gasteiger partial charge in [-0.2, -0.15) is 0 Å². The third-order valence-electron chi connectivity index (χ3n) is 4.84. The summed E-state index contributed by atoms with van der Waals surface area (Å²) < 4.78 is 0. The van der Waals surface area contributed by atoms with E-state index in [0.717, 1.165) is 24.2 Å². The van der Waals surface area contributed by atoms with Crippen LogP contribution in [-0.4, -0.2) is 41.5 Å². The predicted octanol–water partition coefficient (Wildman–Crippen LogP) is 3.26. The number of nitrogens with zero attached hydrogens (tertiary/aromatic N) is 1. The van der Waals surface area contributed by atoms with E-state index in [-0.39, 0.29) is 17.9 Å². The van der Waals surface area contributed by atoms with E-state index in [1.165, 1.54) is 11.1 Å². The second-order valence-electron chi connectivity index (χ2n) is 7.93.